The number of imide groups is 1. The first-order valence-corrected chi connectivity index (χ1v) is 7.06. The Labute approximate surface area is 125 Å². The molecule has 1 aromatic rings. The third-order valence-corrected chi connectivity index (χ3v) is 3.60. The number of benzene rings is 1. The highest BCUT2D eigenvalue weighted by Crippen LogP contribution is 2.30. The van der Waals surface area contributed by atoms with Crippen molar-refractivity contribution in [3.8, 4) is 0 Å². The van der Waals surface area contributed by atoms with Crippen molar-refractivity contribution in [1.29, 1.82) is 0 Å². The van der Waals surface area contributed by atoms with Gasteiger partial charge in [0.05, 0.1) is 18.1 Å². The predicted molar refractivity (Wildman–Crippen MR) is 79.7 cm³/mol. The van der Waals surface area contributed by atoms with Crippen LogP contribution in [0.5, 0.6) is 0 Å². The van der Waals surface area contributed by atoms with E-state index in [1.165, 1.54) is 4.90 Å². The molecule has 2 unspecified atom stereocenters. The Balaban J connectivity index is 2.12. The summed E-state index contributed by atoms with van der Waals surface area (Å²) in [5.74, 6) is -0.855. The third-order valence-electron chi connectivity index (χ3n) is 3.60. The molecule has 1 aliphatic rings. The molecule has 1 N–H and O–H groups in total. The smallest absolute Gasteiger partial charge is 0.237 e. The van der Waals surface area contributed by atoms with Gasteiger partial charge in [-0.2, -0.15) is 0 Å². The lowest BCUT2D eigenvalue weighted by atomic mass is 9.98. The maximum atomic E-state index is 12.5. The summed E-state index contributed by atoms with van der Waals surface area (Å²) in [4.78, 5) is 27.6. The Hall–Kier alpha value is -1.72. The van der Waals surface area contributed by atoms with Gasteiger partial charge in [-0.25, -0.2) is 0 Å². The maximum Gasteiger partial charge on any atom is 0.237 e. The summed E-state index contributed by atoms with van der Waals surface area (Å²) in [6.07, 6.45) is 0.181. The summed E-state index contributed by atoms with van der Waals surface area (Å²) in [5, 5.41) is 10.3. The van der Waals surface area contributed by atoms with Crippen LogP contribution in [0.1, 0.15) is 24.8 Å². The topological polar surface area (TPSA) is 60.9 Å². The van der Waals surface area contributed by atoms with Gasteiger partial charge in [-0.05, 0) is 26.6 Å². The van der Waals surface area contributed by atoms with E-state index >= 15 is 0 Å². The number of hydrogen-bond acceptors (Lipinski definition) is 4. The molecule has 0 spiro atoms. The van der Waals surface area contributed by atoms with Crippen LogP contribution in [0, 0.1) is 0 Å². The number of likely N-dealkylation sites (N-methyl/N-ethyl adjacent to an activating group) is 1. The molecule has 2 amide bonds. The van der Waals surface area contributed by atoms with Crippen molar-refractivity contribution in [2.24, 2.45) is 0 Å². The first kappa shape index (κ1) is 15.7. The van der Waals surface area contributed by atoms with Crippen molar-refractivity contribution in [2.75, 3.05) is 27.2 Å². The van der Waals surface area contributed by atoms with Crippen molar-refractivity contribution in [3.63, 3.8) is 0 Å². The van der Waals surface area contributed by atoms with Crippen molar-refractivity contribution >= 4 is 11.8 Å². The molecule has 0 radical (unpaired) electrons. The molecule has 1 fully saturated rings. The second-order valence-electron chi connectivity index (χ2n) is 6.22. The summed E-state index contributed by atoms with van der Waals surface area (Å²) in [6.45, 7) is 2.07. The second kappa shape index (κ2) is 5.95. The summed E-state index contributed by atoms with van der Waals surface area (Å²) < 4.78 is 0. The number of β-amino-alcohol motifs (C(OH)–C–C–N with tert-alkyl or cyclic N) is 1. The molecule has 2 rings (SSSR count). The molecule has 21 heavy (non-hydrogen) atoms. The first-order chi connectivity index (χ1) is 9.80. The Morgan fingerprint density at radius 3 is 2.48 bits per heavy atom. The summed E-state index contributed by atoms with van der Waals surface area (Å²) in [7, 11) is 3.68. The minimum absolute atomic E-state index is 0.0339. The van der Waals surface area contributed by atoms with Crippen LogP contribution in [-0.4, -0.2) is 59.5 Å². The number of aliphatic hydroxyl groups is 1. The van der Waals surface area contributed by atoms with Gasteiger partial charge in [-0.1, -0.05) is 30.3 Å². The van der Waals surface area contributed by atoms with Crippen LogP contribution in [0.2, 0.25) is 0 Å². The van der Waals surface area contributed by atoms with E-state index in [9.17, 15) is 14.7 Å². The van der Waals surface area contributed by atoms with Crippen LogP contribution in [0.15, 0.2) is 30.3 Å². The number of carbonyl (C=O) groups is 2. The Bertz CT molecular complexity index is 526. The van der Waals surface area contributed by atoms with Crippen LogP contribution >= 0.6 is 0 Å². The van der Waals surface area contributed by atoms with Crippen LogP contribution < -0.4 is 0 Å². The van der Waals surface area contributed by atoms with Crippen LogP contribution in [0.4, 0.5) is 0 Å². The molecule has 2 atom stereocenters. The quantitative estimate of drug-likeness (QED) is 0.817. The normalized spacial score (nSPS) is 22.0. The molecule has 1 aromatic carbocycles. The molecule has 0 aliphatic carbocycles. The molecule has 1 saturated heterocycles. The van der Waals surface area contributed by atoms with Crippen LogP contribution in [-0.2, 0) is 9.59 Å². The summed E-state index contributed by atoms with van der Waals surface area (Å²) in [6, 6.07) is 9.31. The summed E-state index contributed by atoms with van der Waals surface area (Å²) >= 11 is 0. The standard InChI is InChI=1S/C16H22N2O3/c1-16(21,10-17(2)3)11-18-14(19)9-13(15(18)20)12-7-5-4-6-8-12/h4-8,13,21H,9-11H2,1-3H3. The van der Waals surface area contributed by atoms with Gasteiger partial charge in [0, 0.05) is 13.0 Å². The van der Waals surface area contributed by atoms with E-state index in [1.807, 2.05) is 49.3 Å². The van der Waals surface area contributed by atoms with Crippen molar-refractivity contribution in [1.82, 2.24) is 9.80 Å². The highest BCUT2D eigenvalue weighted by Gasteiger charge is 2.42. The monoisotopic (exact) mass is 290 g/mol. The van der Waals surface area contributed by atoms with Gasteiger partial charge in [-0.15, -0.1) is 0 Å². The molecule has 114 valence electrons. The first-order valence-electron chi connectivity index (χ1n) is 7.06. The Morgan fingerprint density at radius 2 is 1.90 bits per heavy atom. The minimum Gasteiger partial charge on any atom is -0.387 e. The van der Waals surface area contributed by atoms with E-state index in [4.69, 9.17) is 0 Å². The fourth-order valence-corrected chi connectivity index (χ4v) is 2.87. The number of nitrogens with zero attached hydrogens (tertiary/aromatic N) is 2. The van der Waals surface area contributed by atoms with E-state index in [0.29, 0.717) is 6.54 Å². The fraction of sp³-hybridized carbons (Fsp3) is 0.500. The third kappa shape index (κ3) is 3.68. The zero-order chi connectivity index (χ0) is 15.6. The molecule has 5 nitrogen and oxygen atoms in total. The lowest BCUT2D eigenvalue weighted by molar-refractivity contribution is -0.142. The molecule has 1 heterocycles. The lowest BCUT2D eigenvalue weighted by Crippen LogP contribution is -2.49. The van der Waals surface area contributed by atoms with Crippen LogP contribution in [0.3, 0.4) is 0 Å². The van der Waals surface area contributed by atoms with Gasteiger partial charge in [-0.3, -0.25) is 14.5 Å². The number of amides is 2. The zero-order valence-corrected chi connectivity index (χ0v) is 12.7. The SMILES string of the molecule is CN(C)CC(C)(O)CN1C(=O)CC(c2ccccc2)C1=O. The lowest BCUT2D eigenvalue weighted by Gasteiger charge is -2.30. The van der Waals surface area contributed by atoms with E-state index in [0.717, 1.165) is 5.56 Å². The van der Waals surface area contributed by atoms with Gasteiger partial charge < -0.3 is 10.0 Å². The average molecular weight is 290 g/mol. The largest absolute Gasteiger partial charge is 0.387 e. The number of rotatable bonds is 5. The number of likely N-dealkylation sites (tertiary alicyclic amines) is 1. The molecule has 1 aliphatic heterocycles. The van der Waals surface area contributed by atoms with Crippen LogP contribution in [0.25, 0.3) is 0 Å². The highest BCUT2D eigenvalue weighted by molar-refractivity contribution is 6.06. The van der Waals surface area contributed by atoms with Crippen molar-refractivity contribution in [2.45, 2.75) is 24.9 Å². The zero-order valence-electron chi connectivity index (χ0n) is 12.7. The second-order valence-corrected chi connectivity index (χ2v) is 6.22. The molecule has 5 heteroatoms. The average Bonchev–Trinajstić information content (AvgIpc) is 2.66. The highest BCUT2D eigenvalue weighted by atomic mass is 16.3. The molecule has 0 saturated carbocycles. The van der Waals surface area contributed by atoms with Gasteiger partial charge in [0.25, 0.3) is 0 Å². The van der Waals surface area contributed by atoms with Gasteiger partial charge in [0.2, 0.25) is 11.8 Å². The van der Waals surface area contributed by atoms with E-state index in [-0.39, 0.29) is 24.8 Å². The van der Waals surface area contributed by atoms with E-state index in [2.05, 4.69) is 0 Å². The van der Waals surface area contributed by atoms with E-state index < -0.39 is 11.5 Å². The van der Waals surface area contributed by atoms with Gasteiger partial charge in [0.1, 0.15) is 0 Å². The molecule has 0 bridgehead atoms. The van der Waals surface area contributed by atoms with E-state index in [1.54, 1.807) is 6.92 Å². The van der Waals surface area contributed by atoms with Crippen molar-refractivity contribution < 1.29 is 14.7 Å². The van der Waals surface area contributed by atoms with Crippen molar-refractivity contribution in [3.05, 3.63) is 35.9 Å². The van der Waals surface area contributed by atoms with Gasteiger partial charge in [0.15, 0.2) is 0 Å². The fourth-order valence-electron chi connectivity index (χ4n) is 2.87. The minimum atomic E-state index is -1.11. The number of hydrogen-bond donors (Lipinski definition) is 1. The maximum absolute atomic E-state index is 12.5. The van der Waals surface area contributed by atoms with Gasteiger partial charge >= 0.3 is 0 Å². The Morgan fingerprint density at radius 1 is 1.29 bits per heavy atom. The Kier molecular flexibility index (Phi) is 4.44. The molecular formula is C16H22N2O3. The molecule has 0 aromatic heterocycles. The molecular weight excluding hydrogens is 268 g/mol. The predicted octanol–water partition coefficient (Wildman–Crippen LogP) is 0.842. The summed E-state index contributed by atoms with van der Waals surface area (Å²) in [5.41, 5.74) is -0.258. The number of carbonyl (C=O) groups excluding carboxylic acids is 2.